The maximum absolute atomic E-state index is 12.0. The third-order valence-corrected chi connectivity index (χ3v) is 3.40. The fourth-order valence-corrected chi connectivity index (χ4v) is 2.21. The molecule has 1 N–H and O–H groups in total. The van der Waals surface area contributed by atoms with Crippen LogP contribution in [0.2, 0.25) is 0 Å². The summed E-state index contributed by atoms with van der Waals surface area (Å²) in [5, 5.41) is 11.2. The van der Waals surface area contributed by atoms with E-state index in [0.717, 1.165) is 22.6 Å². The molecule has 3 aromatic carbocycles. The standard InChI is InChI=1S/C20H17N3O/c24-20(15-16-7-3-1-4-8-16)21-17-11-13-19(14-12-17)23-22-18-9-5-2-6-10-18/h1-14H,15H2,(H,21,24). The Morgan fingerprint density at radius 3 is 1.88 bits per heavy atom. The molecule has 4 heteroatoms. The second-order valence-corrected chi connectivity index (χ2v) is 5.29. The molecule has 118 valence electrons. The molecule has 0 bridgehead atoms. The number of azo groups is 1. The molecule has 0 saturated carbocycles. The number of hydrogen-bond donors (Lipinski definition) is 1. The van der Waals surface area contributed by atoms with Gasteiger partial charge in [0.2, 0.25) is 5.91 Å². The molecule has 0 aromatic heterocycles. The zero-order valence-electron chi connectivity index (χ0n) is 13.1. The number of anilines is 1. The van der Waals surface area contributed by atoms with Gasteiger partial charge in [0.1, 0.15) is 0 Å². The van der Waals surface area contributed by atoms with Crippen molar-refractivity contribution in [1.29, 1.82) is 0 Å². The number of nitrogens with zero attached hydrogens (tertiary/aromatic N) is 2. The summed E-state index contributed by atoms with van der Waals surface area (Å²) >= 11 is 0. The molecule has 4 nitrogen and oxygen atoms in total. The first-order chi connectivity index (χ1) is 11.8. The number of hydrogen-bond acceptors (Lipinski definition) is 3. The van der Waals surface area contributed by atoms with E-state index in [2.05, 4.69) is 15.5 Å². The van der Waals surface area contributed by atoms with Gasteiger partial charge in [0.25, 0.3) is 0 Å². The van der Waals surface area contributed by atoms with Crippen molar-refractivity contribution in [2.75, 3.05) is 5.32 Å². The second kappa shape index (κ2) is 7.83. The van der Waals surface area contributed by atoms with Crippen molar-refractivity contribution in [2.45, 2.75) is 6.42 Å². The van der Waals surface area contributed by atoms with Crippen molar-refractivity contribution in [3.05, 3.63) is 90.5 Å². The van der Waals surface area contributed by atoms with Crippen LogP contribution < -0.4 is 5.32 Å². The van der Waals surface area contributed by atoms with Crippen LogP contribution >= 0.6 is 0 Å². The summed E-state index contributed by atoms with van der Waals surface area (Å²) in [6.45, 7) is 0. The summed E-state index contributed by atoms with van der Waals surface area (Å²) in [7, 11) is 0. The topological polar surface area (TPSA) is 53.8 Å². The molecule has 1 amide bonds. The molecule has 0 aliphatic heterocycles. The van der Waals surface area contributed by atoms with Gasteiger partial charge in [-0.05, 0) is 42.0 Å². The lowest BCUT2D eigenvalue weighted by Gasteiger charge is -2.05. The summed E-state index contributed by atoms with van der Waals surface area (Å²) in [4.78, 5) is 12.0. The maximum atomic E-state index is 12.0. The number of carbonyl (C=O) groups is 1. The second-order valence-electron chi connectivity index (χ2n) is 5.29. The van der Waals surface area contributed by atoms with Gasteiger partial charge >= 0.3 is 0 Å². The van der Waals surface area contributed by atoms with E-state index in [1.54, 1.807) is 0 Å². The van der Waals surface area contributed by atoms with Crippen molar-refractivity contribution in [1.82, 2.24) is 0 Å². The number of nitrogens with one attached hydrogen (secondary N) is 1. The van der Waals surface area contributed by atoms with Crippen molar-refractivity contribution in [2.24, 2.45) is 10.2 Å². The fourth-order valence-electron chi connectivity index (χ4n) is 2.21. The van der Waals surface area contributed by atoms with Gasteiger partial charge in [-0.3, -0.25) is 4.79 Å². The van der Waals surface area contributed by atoms with Crippen LogP contribution in [-0.2, 0) is 11.2 Å². The van der Waals surface area contributed by atoms with Crippen LogP contribution in [0.15, 0.2) is 95.2 Å². The van der Waals surface area contributed by atoms with E-state index >= 15 is 0 Å². The van der Waals surface area contributed by atoms with Gasteiger partial charge in [-0.2, -0.15) is 10.2 Å². The SMILES string of the molecule is O=C(Cc1ccccc1)Nc1ccc(N=Nc2ccccc2)cc1. The normalized spacial score (nSPS) is 10.7. The van der Waals surface area contributed by atoms with E-state index in [1.165, 1.54) is 0 Å². The lowest BCUT2D eigenvalue weighted by Crippen LogP contribution is -2.14. The Labute approximate surface area is 140 Å². The summed E-state index contributed by atoms with van der Waals surface area (Å²) in [5.41, 5.74) is 3.27. The van der Waals surface area contributed by atoms with Crippen molar-refractivity contribution >= 4 is 23.0 Å². The monoisotopic (exact) mass is 315 g/mol. The van der Waals surface area contributed by atoms with Crippen LogP contribution in [0.3, 0.4) is 0 Å². The third-order valence-electron chi connectivity index (χ3n) is 3.40. The van der Waals surface area contributed by atoms with Gasteiger partial charge in [-0.1, -0.05) is 48.5 Å². The van der Waals surface area contributed by atoms with E-state index in [4.69, 9.17) is 0 Å². The van der Waals surface area contributed by atoms with E-state index < -0.39 is 0 Å². The van der Waals surface area contributed by atoms with Crippen molar-refractivity contribution in [3.63, 3.8) is 0 Å². The van der Waals surface area contributed by atoms with E-state index in [0.29, 0.717) is 6.42 Å². The Hall–Kier alpha value is -3.27. The lowest BCUT2D eigenvalue weighted by molar-refractivity contribution is -0.115. The quantitative estimate of drug-likeness (QED) is 0.640. The summed E-state index contributed by atoms with van der Waals surface area (Å²) in [6, 6.07) is 26.5. The van der Waals surface area contributed by atoms with E-state index in [-0.39, 0.29) is 5.91 Å². The molecule has 0 unspecified atom stereocenters. The minimum atomic E-state index is -0.0418. The molecule has 0 heterocycles. The molecule has 0 fully saturated rings. The fraction of sp³-hybridized carbons (Fsp3) is 0.0500. The molecule has 0 atom stereocenters. The number of rotatable bonds is 5. The van der Waals surface area contributed by atoms with Crippen LogP contribution in [0.25, 0.3) is 0 Å². The lowest BCUT2D eigenvalue weighted by atomic mass is 10.1. The molecular formula is C20H17N3O. The molecule has 24 heavy (non-hydrogen) atoms. The largest absolute Gasteiger partial charge is 0.326 e. The molecule has 0 spiro atoms. The van der Waals surface area contributed by atoms with Crippen molar-refractivity contribution < 1.29 is 4.79 Å². The average molecular weight is 315 g/mol. The van der Waals surface area contributed by atoms with Gasteiger partial charge in [0, 0.05) is 5.69 Å². The minimum Gasteiger partial charge on any atom is -0.326 e. The average Bonchev–Trinajstić information content (AvgIpc) is 2.63. The number of amides is 1. The van der Waals surface area contributed by atoms with Gasteiger partial charge in [-0.25, -0.2) is 0 Å². The van der Waals surface area contributed by atoms with Gasteiger partial charge in [0.05, 0.1) is 17.8 Å². The molecule has 0 aliphatic rings. The highest BCUT2D eigenvalue weighted by Crippen LogP contribution is 2.20. The Morgan fingerprint density at radius 2 is 1.25 bits per heavy atom. The smallest absolute Gasteiger partial charge is 0.228 e. The molecule has 0 radical (unpaired) electrons. The predicted octanol–water partition coefficient (Wildman–Crippen LogP) is 5.28. The van der Waals surface area contributed by atoms with Gasteiger partial charge < -0.3 is 5.32 Å². The third kappa shape index (κ3) is 4.61. The van der Waals surface area contributed by atoms with Gasteiger partial charge in [0.15, 0.2) is 0 Å². The van der Waals surface area contributed by atoms with Crippen LogP contribution in [0.4, 0.5) is 17.1 Å². The van der Waals surface area contributed by atoms with E-state index in [9.17, 15) is 4.79 Å². The first kappa shape index (κ1) is 15.6. The molecule has 0 aliphatic carbocycles. The summed E-state index contributed by atoms with van der Waals surface area (Å²) in [5.74, 6) is -0.0418. The Morgan fingerprint density at radius 1 is 0.708 bits per heavy atom. The summed E-state index contributed by atoms with van der Waals surface area (Å²) < 4.78 is 0. The van der Waals surface area contributed by atoms with Crippen LogP contribution in [-0.4, -0.2) is 5.91 Å². The highest BCUT2D eigenvalue weighted by Gasteiger charge is 2.03. The molecular weight excluding hydrogens is 298 g/mol. The Kier molecular flexibility index (Phi) is 5.10. The first-order valence-corrected chi connectivity index (χ1v) is 7.70. The highest BCUT2D eigenvalue weighted by atomic mass is 16.1. The Bertz CT molecular complexity index is 813. The number of benzene rings is 3. The summed E-state index contributed by atoms with van der Waals surface area (Å²) in [6.07, 6.45) is 0.357. The zero-order chi connectivity index (χ0) is 16.6. The van der Waals surface area contributed by atoms with Crippen molar-refractivity contribution in [3.8, 4) is 0 Å². The molecule has 3 rings (SSSR count). The zero-order valence-corrected chi connectivity index (χ0v) is 13.1. The van der Waals surface area contributed by atoms with E-state index in [1.807, 2.05) is 84.9 Å². The minimum absolute atomic E-state index is 0.0418. The first-order valence-electron chi connectivity index (χ1n) is 7.70. The predicted molar refractivity (Wildman–Crippen MR) is 95.8 cm³/mol. The van der Waals surface area contributed by atoms with Crippen LogP contribution in [0.1, 0.15) is 5.56 Å². The Balaban J connectivity index is 1.58. The molecule has 0 saturated heterocycles. The van der Waals surface area contributed by atoms with Gasteiger partial charge in [-0.15, -0.1) is 0 Å². The maximum Gasteiger partial charge on any atom is 0.228 e. The number of carbonyl (C=O) groups excluding carboxylic acids is 1. The van der Waals surface area contributed by atoms with Crippen LogP contribution in [0.5, 0.6) is 0 Å². The van der Waals surface area contributed by atoms with Crippen LogP contribution in [0, 0.1) is 0 Å². The highest BCUT2D eigenvalue weighted by molar-refractivity contribution is 5.92. The molecule has 3 aromatic rings.